The van der Waals surface area contributed by atoms with Crippen LogP contribution in [0.2, 0.25) is 0 Å². The van der Waals surface area contributed by atoms with Gasteiger partial charge in [0.05, 0.1) is 0 Å². The van der Waals surface area contributed by atoms with Crippen LogP contribution in [0.3, 0.4) is 0 Å². The topological polar surface area (TPSA) is 0 Å². The molecule has 1 heterocycles. The molecule has 2 aromatic rings. The highest BCUT2D eigenvalue weighted by atomic mass is 79.9. The largest absolute Gasteiger partial charge is 0.139 e. The predicted molar refractivity (Wildman–Crippen MR) is 63.4 cm³/mol. The minimum Gasteiger partial charge on any atom is -0.139 e. The van der Waals surface area contributed by atoms with E-state index in [1.807, 2.05) is 17.4 Å². The lowest BCUT2D eigenvalue weighted by Crippen LogP contribution is -1.72. The number of hydrogen-bond acceptors (Lipinski definition) is 1. The Labute approximate surface area is 90.0 Å². The summed E-state index contributed by atoms with van der Waals surface area (Å²) in [6.07, 6.45) is 2.88. The van der Waals surface area contributed by atoms with Crippen LogP contribution < -0.4 is 0 Å². The number of thiophene rings is 1. The summed E-state index contributed by atoms with van der Waals surface area (Å²) in [6, 6.07) is 8.43. The molecule has 0 N–H and O–H groups in total. The maximum Gasteiger partial charge on any atom is 0.0396 e. The van der Waals surface area contributed by atoms with E-state index in [2.05, 4.69) is 46.8 Å². The number of halogens is 1. The van der Waals surface area contributed by atoms with E-state index in [1.54, 1.807) is 0 Å². The summed E-state index contributed by atoms with van der Waals surface area (Å²) in [5, 5.41) is 1.31. The first-order valence-electron chi connectivity index (χ1n) is 4.09. The molecule has 13 heavy (non-hydrogen) atoms. The van der Waals surface area contributed by atoms with Crippen molar-refractivity contribution < 1.29 is 0 Å². The van der Waals surface area contributed by atoms with Crippen LogP contribution in [0.5, 0.6) is 0 Å². The minimum atomic E-state index is 0.944. The Hall–Kier alpha value is -0.600. The lowest BCUT2D eigenvalue weighted by atomic mass is 10.2. The van der Waals surface area contributed by atoms with E-state index in [4.69, 9.17) is 0 Å². The number of hydrogen-bond donors (Lipinski definition) is 0. The molecule has 0 amide bonds. The van der Waals surface area contributed by atoms with Crippen LogP contribution in [0.15, 0.2) is 41.4 Å². The van der Waals surface area contributed by atoms with Gasteiger partial charge in [0.25, 0.3) is 0 Å². The van der Waals surface area contributed by atoms with Gasteiger partial charge in [-0.2, -0.15) is 0 Å². The number of fused-ring (bicyclic) bond motifs is 1. The van der Waals surface area contributed by atoms with E-state index in [0.717, 1.165) is 6.42 Å². The van der Waals surface area contributed by atoms with Gasteiger partial charge in [0.2, 0.25) is 0 Å². The molecular formula is C11H9BrS. The summed E-state index contributed by atoms with van der Waals surface area (Å²) in [4.78, 5) is 1.36. The summed E-state index contributed by atoms with van der Waals surface area (Å²) < 4.78 is 2.57. The minimum absolute atomic E-state index is 0.944. The number of allylic oxidation sites excluding steroid dienone is 1. The van der Waals surface area contributed by atoms with Gasteiger partial charge in [-0.05, 0) is 22.0 Å². The van der Waals surface area contributed by atoms with Crippen molar-refractivity contribution in [1.82, 2.24) is 0 Å². The first-order chi connectivity index (χ1) is 6.33. The maximum absolute atomic E-state index is 3.75. The monoisotopic (exact) mass is 252 g/mol. The Balaban J connectivity index is 2.66. The summed E-state index contributed by atoms with van der Waals surface area (Å²) in [6.45, 7) is 3.75. The maximum atomic E-state index is 3.75. The molecule has 0 saturated heterocycles. The molecule has 0 unspecified atom stereocenters. The van der Waals surface area contributed by atoms with Crippen molar-refractivity contribution in [2.24, 2.45) is 0 Å². The van der Waals surface area contributed by atoms with Crippen LogP contribution in [0.1, 0.15) is 4.88 Å². The fourth-order valence-corrected chi connectivity index (χ4v) is 3.30. The van der Waals surface area contributed by atoms with Crippen LogP contribution in [0.25, 0.3) is 10.1 Å². The average Bonchev–Trinajstić information content (AvgIpc) is 2.46. The molecule has 1 aromatic heterocycles. The molecule has 0 aliphatic carbocycles. The van der Waals surface area contributed by atoms with Crippen molar-refractivity contribution in [3.05, 3.63) is 46.3 Å². The highest BCUT2D eigenvalue weighted by Gasteiger charge is 2.06. The standard InChI is InChI=1S/C11H9BrS/c1-2-5-10-11(12)8-6-3-4-7-9(8)13-10/h2-4,6-7H,1,5H2. The zero-order chi connectivity index (χ0) is 9.26. The molecule has 0 bridgehead atoms. The fourth-order valence-electron chi connectivity index (χ4n) is 1.33. The molecule has 0 saturated carbocycles. The fraction of sp³-hybridized carbons (Fsp3) is 0.0909. The summed E-state index contributed by atoms with van der Waals surface area (Å²) in [5.74, 6) is 0. The first-order valence-corrected chi connectivity index (χ1v) is 5.70. The van der Waals surface area contributed by atoms with Crippen LogP contribution in [0, 0.1) is 0 Å². The molecule has 66 valence electrons. The Morgan fingerprint density at radius 3 is 2.85 bits per heavy atom. The second-order valence-corrected chi connectivity index (χ2v) is 4.76. The summed E-state index contributed by atoms with van der Waals surface area (Å²) >= 11 is 5.45. The van der Waals surface area contributed by atoms with Gasteiger partial charge in [-0.3, -0.25) is 0 Å². The van der Waals surface area contributed by atoms with E-state index in [-0.39, 0.29) is 0 Å². The van der Waals surface area contributed by atoms with Gasteiger partial charge in [0.1, 0.15) is 0 Å². The molecule has 2 heteroatoms. The molecule has 0 atom stereocenters. The second kappa shape index (κ2) is 3.64. The van der Waals surface area contributed by atoms with Crippen LogP contribution in [0.4, 0.5) is 0 Å². The smallest absolute Gasteiger partial charge is 0.0396 e. The van der Waals surface area contributed by atoms with Crippen molar-refractivity contribution in [1.29, 1.82) is 0 Å². The Morgan fingerprint density at radius 1 is 1.38 bits per heavy atom. The molecule has 0 fully saturated rings. The van der Waals surface area contributed by atoms with Gasteiger partial charge < -0.3 is 0 Å². The van der Waals surface area contributed by atoms with E-state index in [1.165, 1.54) is 19.4 Å². The molecule has 0 aliphatic rings. The average molecular weight is 253 g/mol. The zero-order valence-corrected chi connectivity index (χ0v) is 9.49. The van der Waals surface area contributed by atoms with E-state index >= 15 is 0 Å². The molecule has 0 aliphatic heterocycles. The lowest BCUT2D eigenvalue weighted by Gasteiger charge is -1.90. The van der Waals surface area contributed by atoms with Crippen molar-refractivity contribution in [3.8, 4) is 0 Å². The number of benzene rings is 1. The molecule has 1 aromatic carbocycles. The van der Waals surface area contributed by atoms with Gasteiger partial charge in [0, 0.05) is 25.9 Å². The normalized spacial score (nSPS) is 10.5. The SMILES string of the molecule is C=CCc1sc2ccccc2c1Br. The van der Waals surface area contributed by atoms with E-state index in [9.17, 15) is 0 Å². The van der Waals surface area contributed by atoms with Gasteiger partial charge in [-0.25, -0.2) is 0 Å². The Bertz CT molecular complexity index is 442. The van der Waals surface area contributed by atoms with Crippen LogP contribution in [-0.2, 0) is 6.42 Å². The third-order valence-electron chi connectivity index (χ3n) is 1.93. The van der Waals surface area contributed by atoms with Crippen molar-refractivity contribution in [3.63, 3.8) is 0 Å². The summed E-state index contributed by atoms with van der Waals surface area (Å²) in [5.41, 5.74) is 0. The first kappa shape index (κ1) is 8.97. The molecule has 0 spiro atoms. The number of rotatable bonds is 2. The van der Waals surface area contributed by atoms with Crippen molar-refractivity contribution in [2.45, 2.75) is 6.42 Å². The van der Waals surface area contributed by atoms with Gasteiger partial charge >= 0.3 is 0 Å². The van der Waals surface area contributed by atoms with E-state index in [0.29, 0.717) is 0 Å². The van der Waals surface area contributed by atoms with Crippen molar-refractivity contribution in [2.75, 3.05) is 0 Å². The van der Waals surface area contributed by atoms with Crippen LogP contribution >= 0.6 is 27.3 Å². The second-order valence-electron chi connectivity index (χ2n) is 2.83. The molecule has 2 rings (SSSR count). The highest BCUT2D eigenvalue weighted by molar-refractivity contribution is 9.10. The third-order valence-corrected chi connectivity index (χ3v) is 4.29. The van der Waals surface area contributed by atoms with E-state index < -0.39 is 0 Å². The predicted octanol–water partition coefficient (Wildman–Crippen LogP) is 4.39. The Kier molecular flexibility index (Phi) is 2.51. The third kappa shape index (κ3) is 1.56. The zero-order valence-electron chi connectivity index (χ0n) is 7.09. The molecule has 0 radical (unpaired) electrons. The molecule has 0 nitrogen and oxygen atoms in total. The van der Waals surface area contributed by atoms with Crippen molar-refractivity contribution >= 4 is 37.4 Å². The van der Waals surface area contributed by atoms with Gasteiger partial charge in [0.15, 0.2) is 0 Å². The molecular weight excluding hydrogens is 244 g/mol. The van der Waals surface area contributed by atoms with Gasteiger partial charge in [-0.1, -0.05) is 24.3 Å². The highest BCUT2D eigenvalue weighted by Crippen LogP contribution is 2.35. The lowest BCUT2D eigenvalue weighted by molar-refractivity contribution is 1.34. The summed E-state index contributed by atoms with van der Waals surface area (Å²) in [7, 11) is 0. The Morgan fingerprint density at radius 2 is 2.15 bits per heavy atom. The quantitative estimate of drug-likeness (QED) is 0.696. The van der Waals surface area contributed by atoms with Crippen LogP contribution in [-0.4, -0.2) is 0 Å². The van der Waals surface area contributed by atoms with Gasteiger partial charge in [-0.15, -0.1) is 17.9 Å².